The first-order valence-electron chi connectivity index (χ1n) is 7.28. The number of ether oxygens (including phenoxy) is 2. The lowest BCUT2D eigenvalue weighted by Gasteiger charge is -2.22. The molecule has 2 amide bonds. The summed E-state index contributed by atoms with van der Waals surface area (Å²) in [5, 5.41) is 14.0. The van der Waals surface area contributed by atoms with E-state index in [-0.39, 0.29) is 12.5 Å². The fraction of sp³-hybridized carbons (Fsp3) is 0.438. The van der Waals surface area contributed by atoms with Crippen molar-refractivity contribution >= 4 is 18.0 Å². The summed E-state index contributed by atoms with van der Waals surface area (Å²) in [5.74, 6) is -1.10. The van der Waals surface area contributed by atoms with Gasteiger partial charge in [-0.3, -0.25) is 4.79 Å². The average molecular weight is 338 g/mol. The van der Waals surface area contributed by atoms with Gasteiger partial charge in [0.25, 0.3) is 5.91 Å². The van der Waals surface area contributed by atoms with Crippen LogP contribution in [0.3, 0.4) is 0 Å². The van der Waals surface area contributed by atoms with E-state index in [1.165, 1.54) is 31.3 Å². The first-order chi connectivity index (χ1) is 11.1. The van der Waals surface area contributed by atoms with Crippen LogP contribution in [0.4, 0.5) is 4.79 Å². The van der Waals surface area contributed by atoms with Gasteiger partial charge in [-0.2, -0.15) is 0 Å². The molecule has 3 N–H and O–H groups in total. The highest BCUT2D eigenvalue weighted by atomic mass is 16.6. The Morgan fingerprint density at radius 2 is 1.75 bits per heavy atom. The van der Waals surface area contributed by atoms with Gasteiger partial charge in [-0.1, -0.05) is 12.1 Å². The lowest BCUT2D eigenvalue weighted by molar-refractivity contribution is -0.139. The molecule has 0 spiro atoms. The molecular formula is C16H22N2O6. The predicted octanol–water partition coefficient (Wildman–Crippen LogP) is 1.46. The molecule has 1 rings (SSSR count). The largest absolute Gasteiger partial charge is 0.484 e. The number of hydrogen-bond acceptors (Lipinski definition) is 5. The normalized spacial score (nSPS) is 12.0. The Kier molecular flexibility index (Phi) is 6.58. The van der Waals surface area contributed by atoms with E-state index in [4.69, 9.17) is 9.47 Å². The van der Waals surface area contributed by atoms with Gasteiger partial charge in [0, 0.05) is 7.05 Å². The molecular weight excluding hydrogens is 316 g/mol. The van der Waals surface area contributed by atoms with Crippen molar-refractivity contribution in [2.45, 2.75) is 32.4 Å². The molecule has 0 aromatic heterocycles. The number of benzene rings is 1. The first kappa shape index (κ1) is 19.3. The number of carbonyl (C=O) groups excluding carboxylic acids is 2. The van der Waals surface area contributed by atoms with Crippen molar-refractivity contribution in [1.29, 1.82) is 0 Å². The number of rotatable bonds is 6. The summed E-state index contributed by atoms with van der Waals surface area (Å²) in [5.41, 5.74) is -0.384. The summed E-state index contributed by atoms with van der Waals surface area (Å²) in [6.45, 7) is 4.90. The maximum absolute atomic E-state index is 11.8. The van der Waals surface area contributed by atoms with Crippen molar-refractivity contribution in [2.75, 3.05) is 13.7 Å². The van der Waals surface area contributed by atoms with Crippen LogP contribution in [0, 0.1) is 0 Å². The van der Waals surface area contributed by atoms with Gasteiger partial charge in [-0.25, -0.2) is 9.59 Å². The number of hydrogen-bond donors (Lipinski definition) is 3. The summed E-state index contributed by atoms with van der Waals surface area (Å²) in [4.78, 5) is 34.3. The third-order valence-electron chi connectivity index (χ3n) is 2.77. The van der Waals surface area contributed by atoms with Crippen LogP contribution in [0.2, 0.25) is 0 Å². The summed E-state index contributed by atoms with van der Waals surface area (Å²) >= 11 is 0. The molecule has 8 heteroatoms. The van der Waals surface area contributed by atoms with Gasteiger partial charge in [0.1, 0.15) is 11.4 Å². The van der Waals surface area contributed by atoms with E-state index >= 15 is 0 Å². The van der Waals surface area contributed by atoms with Gasteiger partial charge >= 0.3 is 12.1 Å². The molecule has 0 radical (unpaired) electrons. The van der Waals surface area contributed by atoms with Crippen LogP contribution in [-0.4, -0.2) is 42.3 Å². The number of likely N-dealkylation sites (N-methyl/N-ethyl adjacent to an activating group) is 1. The lowest BCUT2D eigenvalue weighted by atomic mass is 10.1. The summed E-state index contributed by atoms with van der Waals surface area (Å²) in [6.07, 6.45) is -0.824. The number of carboxylic acids is 1. The zero-order chi connectivity index (χ0) is 18.3. The van der Waals surface area contributed by atoms with E-state index in [9.17, 15) is 19.5 Å². The number of carbonyl (C=O) groups is 3. The minimum Gasteiger partial charge on any atom is -0.484 e. The zero-order valence-electron chi connectivity index (χ0n) is 14.1. The molecule has 24 heavy (non-hydrogen) atoms. The molecule has 1 aromatic carbocycles. The Morgan fingerprint density at radius 1 is 1.17 bits per heavy atom. The number of amides is 2. The smallest absolute Gasteiger partial charge is 0.408 e. The molecule has 1 aromatic rings. The monoisotopic (exact) mass is 338 g/mol. The molecule has 0 heterocycles. The van der Waals surface area contributed by atoms with Crippen molar-refractivity contribution in [2.24, 2.45) is 0 Å². The summed E-state index contributed by atoms with van der Waals surface area (Å²) < 4.78 is 10.3. The Balaban J connectivity index is 2.77. The van der Waals surface area contributed by atoms with E-state index < -0.39 is 23.7 Å². The maximum atomic E-state index is 11.8. The van der Waals surface area contributed by atoms with Crippen LogP contribution >= 0.6 is 0 Å². The highest BCUT2D eigenvalue weighted by Crippen LogP contribution is 2.19. The number of nitrogens with one attached hydrogen (secondary N) is 2. The number of carboxylic acid groups (broad SMARTS) is 1. The maximum Gasteiger partial charge on any atom is 0.408 e. The van der Waals surface area contributed by atoms with Gasteiger partial charge in [0.05, 0.1) is 0 Å². The van der Waals surface area contributed by atoms with Crippen molar-refractivity contribution in [3.8, 4) is 5.75 Å². The van der Waals surface area contributed by atoms with Crippen molar-refractivity contribution in [3.63, 3.8) is 0 Å². The second kappa shape index (κ2) is 8.19. The highest BCUT2D eigenvalue weighted by Gasteiger charge is 2.25. The molecule has 0 fully saturated rings. The molecule has 1 atom stereocenters. The Morgan fingerprint density at radius 3 is 2.21 bits per heavy atom. The van der Waals surface area contributed by atoms with Gasteiger partial charge in [0.15, 0.2) is 12.6 Å². The first-order valence-corrected chi connectivity index (χ1v) is 7.28. The lowest BCUT2D eigenvalue weighted by Crippen LogP contribution is -2.38. The molecule has 0 saturated heterocycles. The molecule has 0 aliphatic heterocycles. The van der Waals surface area contributed by atoms with E-state index in [0.29, 0.717) is 11.3 Å². The van der Waals surface area contributed by atoms with E-state index in [2.05, 4.69) is 10.6 Å². The predicted molar refractivity (Wildman–Crippen MR) is 85.8 cm³/mol. The fourth-order valence-electron chi connectivity index (χ4n) is 1.69. The van der Waals surface area contributed by atoms with Crippen LogP contribution in [-0.2, 0) is 14.3 Å². The van der Waals surface area contributed by atoms with Crippen LogP contribution in [0.25, 0.3) is 0 Å². The molecule has 132 valence electrons. The van der Waals surface area contributed by atoms with E-state index in [1.54, 1.807) is 20.8 Å². The van der Waals surface area contributed by atoms with E-state index in [1.807, 2.05) is 0 Å². The fourth-order valence-corrected chi connectivity index (χ4v) is 1.69. The Bertz CT molecular complexity index is 592. The molecule has 1 unspecified atom stereocenters. The number of alkyl carbamates (subject to hydrolysis) is 1. The molecule has 8 nitrogen and oxygen atoms in total. The van der Waals surface area contributed by atoms with Crippen molar-refractivity contribution in [3.05, 3.63) is 29.8 Å². The molecule has 0 saturated carbocycles. The second-order valence-corrected chi connectivity index (χ2v) is 5.95. The number of aliphatic carboxylic acids is 1. The SMILES string of the molecule is CNC(=O)COc1ccc(C(NC(=O)OC(C)(C)C)C(=O)O)cc1. The Labute approximate surface area is 140 Å². The van der Waals surface area contributed by atoms with Gasteiger partial charge in [0.2, 0.25) is 0 Å². The van der Waals surface area contributed by atoms with Crippen LogP contribution < -0.4 is 15.4 Å². The topological polar surface area (TPSA) is 114 Å². The third-order valence-corrected chi connectivity index (χ3v) is 2.77. The standard InChI is InChI=1S/C16H22N2O6/c1-16(2,3)24-15(22)18-13(14(20)21)10-5-7-11(8-6-10)23-9-12(19)17-4/h5-8,13H,9H2,1-4H3,(H,17,19)(H,18,22)(H,20,21). The van der Waals surface area contributed by atoms with Crippen LogP contribution in [0.5, 0.6) is 5.75 Å². The van der Waals surface area contributed by atoms with Crippen LogP contribution in [0.15, 0.2) is 24.3 Å². The molecule has 0 aliphatic rings. The summed E-state index contributed by atoms with van der Waals surface area (Å²) in [7, 11) is 1.49. The van der Waals surface area contributed by atoms with Gasteiger partial charge < -0.3 is 25.2 Å². The third kappa shape index (κ3) is 6.55. The van der Waals surface area contributed by atoms with Crippen molar-refractivity contribution < 1.29 is 29.0 Å². The Hall–Kier alpha value is -2.77. The average Bonchev–Trinajstić information content (AvgIpc) is 2.49. The van der Waals surface area contributed by atoms with Crippen LogP contribution in [0.1, 0.15) is 32.4 Å². The summed E-state index contributed by atoms with van der Waals surface area (Å²) in [6, 6.07) is 4.77. The van der Waals surface area contributed by atoms with Crippen molar-refractivity contribution in [1.82, 2.24) is 10.6 Å². The quantitative estimate of drug-likeness (QED) is 0.723. The van der Waals surface area contributed by atoms with Gasteiger partial charge in [-0.15, -0.1) is 0 Å². The molecule has 0 bridgehead atoms. The highest BCUT2D eigenvalue weighted by molar-refractivity contribution is 5.81. The molecule has 0 aliphatic carbocycles. The zero-order valence-corrected chi connectivity index (χ0v) is 14.1. The van der Waals surface area contributed by atoms with E-state index in [0.717, 1.165) is 0 Å². The minimum atomic E-state index is -1.26. The van der Waals surface area contributed by atoms with Gasteiger partial charge in [-0.05, 0) is 38.5 Å². The second-order valence-electron chi connectivity index (χ2n) is 5.95. The minimum absolute atomic E-state index is 0.144.